The fourth-order valence-electron chi connectivity index (χ4n) is 5.64. The average molecular weight is 358 g/mol. The summed E-state index contributed by atoms with van der Waals surface area (Å²) in [6, 6.07) is 8.39. The van der Waals surface area contributed by atoms with Crippen LogP contribution in [0.5, 0.6) is 0 Å². The van der Waals surface area contributed by atoms with Crippen molar-refractivity contribution in [3.63, 3.8) is 0 Å². The van der Waals surface area contributed by atoms with Gasteiger partial charge in [-0.25, -0.2) is 0 Å². The van der Waals surface area contributed by atoms with Gasteiger partial charge in [-0.3, -0.25) is 14.9 Å². The maximum atomic E-state index is 12.6. The Hall–Kier alpha value is -1.95. The van der Waals surface area contributed by atoms with E-state index < -0.39 is 4.92 Å². The number of carbonyl (C=O) groups excluding carboxylic acids is 1. The van der Waals surface area contributed by atoms with Gasteiger partial charge in [0.05, 0.1) is 23.0 Å². The lowest BCUT2D eigenvalue weighted by Gasteiger charge is -2.48. The van der Waals surface area contributed by atoms with Crippen LogP contribution in [0.15, 0.2) is 24.3 Å². The van der Waals surface area contributed by atoms with Crippen LogP contribution in [-0.2, 0) is 0 Å². The van der Waals surface area contributed by atoms with Crippen molar-refractivity contribution in [2.45, 2.75) is 82.0 Å². The van der Waals surface area contributed by atoms with Gasteiger partial charge >= 0.3 is 0 Å². The molecule has 1 amide bonds. The van der Waals surface area contributed by atoms with E-state index in [9.17, 15) is 14.9 Å². The molecule has 1 aromatic rings. The molecule has 6 nitrogen and oxygen atoms in total. The normalized spacial score (nSPS) is 31.5. The molecule has 2 N–H and O–H groups in total. The molecule has 0 radical (unpaired) electrons. The smallest absolute Gasteiger partial charge is 0.270 e. The van der Waals surface area contributed by atoms with Crippen molar-refractivity contribution in [2.75, 3.05) is 0 Å². The van der Waals surface area contributed by atoms with E-state index in [1.165, 1.54) is 57.1 Å². The van der Waals surface area contributed by atoms with Crippen LogP contribution in [0.4, 0.5) is 5.69 Å². The van der Waals surface area contributed by atoms with E-state index in [0.29, 0.717) is 17.6 Å². The maximum absolute atomic E-state index is 12.6. The number of non-ortho nitro benzene ring substituents is 1. The number of quaternary nitrogens is 1. The quantitative estimate of drug-likeness (QED) is 0.640. The molecule has 4 atom stereocenters. The number of carbonyl (C=O) groups is 1. The predicted molar refractivity (Wildman–Crippen MR) is 98.2 cm³/mol. The predicted octanol–water partition coefficient (Wildman–Crippen LogP) is 2.24. The summed E-state index contributed by atoms with van der Waals surface area (Å²) >= 11 is 0. The first kappa shape index (κ1) is 17.5. The monoisotopic (exact) mass is 358 g/mol. The summed E-state index contributed by atoms with van der Waals surface area (Å²) in [7, 11) is 0. The van der Waals surface area contributed by atoms with E-state index >= 15 is 0 Å². The standard InChI is InChI=1S/C20H27N3O3/c24-20(14-5-3-10-19(11-14)23(25)26)21-15-12-17-8-4-9-18(13-15)22(17)16-6-1-2-7-16/h3,5,10-11,15-18H,1-2,4,6-9,12-13H2,(H,21,24)/p+1/t15?,17-,18+. The van der Waals surface area contributed by atoms with E-state index in [2.05, 4.69) is 5.32 Å². The van der Waals surface area contributed by atoms with E-state index in [1.807, 2.05) is 4.90 Å². The van der Waals surface area contributed by atoms with E-state index in [1.54, 1.807) is 12.1 Å². The molecule has 140 valence electrons. The molecule has 2 heterocycles. The maximum Gasteiger partial charge on any atom is 0.270 e. The minimum atomic E-state index is -0.454. The van der Waals surface area contributed by atoms with Crippen LogP contribution in [0.3, 0.4) is 0 Å². The Morgan fingerprint density at radius 1 is 1.04 bits per heavy atom. The highest BCUT2D eigenvalue weighted by Crippen LogP contribution is 2.26. The summed E-state index contributed by atoms with van der Waals surface area (Å²) in [4.78, 5) is 24.9. The van der Waals surface area contributed by atoms with Gasteiger partial charge in [0, 0.05) is 36.6 Å². The average Bonchev–Trinajstić information content (AvgIpc) is 3.15. The third kappa shape index (κ3) is 3.47. The molecule has 0 spiro atoms. The summed E-state index contributed by atoms with van der Waals surface area (Å²) in [5.41, 5.74) is 0.352. The summed E-state index contributed by atoms with van der Waals surface area (Å²) in [5.74, 6) is -0.180. The number of nitrogens with zero attached hydrogens (tertiary/aromatic N) is 1. The van der Waals surface area contributed by atoms with Gasteiger partial charge in [-0.05, 0) is 51.0 Å². The molecule has 3 fully saturated rings. The lowest BCUT2D eigenvalue weighted by atomic mass is 9.80. The number of piperidine rings is 2. The van der Waals surface area contributed by atoms with Crippen molar-refractivity contribution in [1.29, 1.82) is 0 Å². The fraction of sp³-hybridized carbons (Fsp3) is 0.650. The lowest BCUT2D eigenvalue weighted by Crippen LogP contribution is -3.24. The summed E-state index contributed by atoms with van der Waals surface area (Å²) in [6.45, 7) is 0. The molecule has 3 aliphatic rings. The number of nitro groups is 1. The van der Waals surface area contributed by atoms with Crippen LogP contribution in [0.25, 0.3) is 0 Å². The molecular formula is C20H28N3O3+. The molecule has 2 aliphatic heterocycles. The fourth-order valence-corrected chi connectivity index (χ4v) is 5.64. The Kier molecular flexibility index (Phi) is 4.94. The van der Waals surface area contributed by atoms with Crippen molar-refractivity contribution < 1.29 is 14.6 Å². The van der Waals surface area contributed by atoms with E-state index in [-0.39, 0.29) is 17.6 Å². The zero-order valence-corrected chi connectivity index (χ0v) is 15.2. The van der Waals surface area contributed by atoms with Crippen LogP contribution in [-0.4, -0.2) is 35.0 Å². The van der Waals surface area contributed by atoms with Gasteiger partial charge in [-0.15, -0.1) is 0 Å². The van der Waals surface area contributed by atoms with Crippen LogP contribution in [0.2, 0.25) is 0 Å². The molecule has 4 rings (SSSR count). The molecule has 1 saturated carbocycles. The van der Waals surface area contributed by atoms with Crippen molar-refractivity contribution >= 4 is 11.6 Å². The topological polar surface area (TPSA) is 76.7 Å². The van der Waals surface area contributed by atoms with Gasteiger partial charge in [-0.1, -0.05) is 6.07 Å². The highest BCUT2D eigenvalue weighted by atomic mass is 16.6. The van der Waals surface area contributed by atoms with Crippen molar-refractivity contribution in [3.8, 4) is 0 Å². The summed E-state index contributed by atoms with van der Waals surface area (Å²) < 4.78 is 0. The zero-order valence-electron chi connectivity index (χ0n) is 15.2. The Bertz CT molecular complexity index is 673. The van der Waals surface area contributed by atoms with Gasteiger partial charge < -0.3 is 10.2 Å². The third-order valence-corrected chi connectivity index (χ3v) is 6.67. The van der Waals surface area contributed by atoms with Crippen molar-refractivity contribution in [3.05, 3.63) is 39.9 Å². The SMILES string of the molecule is O=C(NC1C[C@H]2CCC[C@@H](C1)[NH+]2C1CCCC1)c1cccc([N+](=O)[O-])c1. The molecule has 1 aromatic carbocycles. The number of rotatable bonds is 4. The molecule has 0 aromatic heterocycles. The number of hydrogen-bond acceptors (Lipinski definition) is 3. The molecule has 2 bridgehead atoms. The second kappa shape index (κ2) is 7.35. The second-order valence-corrected chi connectivity index (χ2v) is 8.26. The number of nitrogens with one attached hydrogen (secondary N) is 2. The van der Waals surface area contributed by atoms with Gasteiger partial charge in [0.1, 0.15) is 0 Å². The molecule has 2 saturated heterocycles. The highest BCUT2D eigenvalue weighted by Gasteiger charge is 2.46. The Morgan fingerprint density at radius 3 is 2.35 bits per heavy atom. The Morgan fingerprint density at radius 2 is 1.69 bits per heavy atom. The zero-order chi connectivity index (χ0) is 18.1. The van der Waals surface area contributed by atoms with Crippen LogP contribution in [0, 0.1) is 10.1 Å². The molecule has 1 aliphatic carbocycles. The van der Waals surface area contributed by atoms with Crippen LogP contribution in [0.1, 0.15) is 68.1 Å². The van der Waals surface area contributed by atoms with E-state index in [4.69, 9.17) is 0 Å². The minimum absolute atomic E-state index is 0.0324. The summed E-state index contributed by atoms with van der Waals surface area (Å²) in [5, 5.41) is 14.1. The van der Waals surface area contributed by atoms with Crippen molar-refractivity contribution in [1.82, 2.24) is 5.32 Å². The van der Waals surface area contributed by atoms with Crippen LogP contribution < -0.4 is 10.2 Å². The molecule has 6 heteroatoms. The largest absolute Gasteiger partial charge is 0.349 e. The number of hydrogen-bond donors (Lipinski definition) is 2. The van der Waals surface area contributed by atoms with E-state index in [0.717, 1.165) is 18.9 Å². The Labute approximate surface area is 154 Å². The molecular weight excluding hydrogens is 330 g/mol. The Balaban J connectivity index is 1.42. The number of amides is 1. The molecule has 2 unspecified atom stereocenters. The number of nitro benzene ring substituents is 1. The van der Waals surface area contributed by atoms with Gasteiger partial charge in [0.25, 0.3) is 11.6 Å². The summed E-state index contributed by atoms with van der Waals surface area (Å²) in [6.07, 6.45) is 11.4. The first-order valence-electron chi connectivity index (χ1n) is 10.0. The number of benzene rings is 1. The number of fused-ring (bicyclic) bond motifs is 2. The lowest BCUT2D eigenvalue weighted by molar-refractivity contribution is -0.982. The first-order valence-corrected chi connectivity index (χ1v) is 10.0. The second-order valence-electron chi connectivity index (χ2n) is 8.26. The minimum Gasteiger partial charge on any atom is -0.349 e. The van der Waals surface area contributed by atoms with Crippen molar-refractivity contribution in [2.24, 2.45) is 0 Å². The third-order valence-electron chi connectivity index (χ3n) is 6.67. The van der Waals surface area contributed by atoms with Crippen LogP contribution >= 0.6 is 0 Å². The highest BCUT2D eigenvalue weighted by molar-refractivity contribution is 5.95. The molecule has 26 heavy (non-hydrogen) atoms. The van der Waals surface area contributed by atoms with Gasteiger partial charge in [0.2, 0.25) is 0 Å². The van der Waals surface area contributed by atoms with Gasteiger partial charge in [0.15, 0.2) is 0 Å². The van der Waals surface area contributed by atoms with Gasteiger partial charge in [-0.2, -0.15) is 0 Å². The first-order chi connectivity index (χ1) is 12.6.